The van der Waals surface area contributed by atoms with Crippen molar-refractivity contribution < 1.29 is 23.7 Å². The highest BCUT2D eigenvalue weighted by Crippen LogP contribution is 2.47. The molecule has 0 amide bonds. The van der Waals surface area contributed by atoms with Gasteiger partial charge in [0.05, 0.1) is 61.2 Å². The van der Waals surface area contributed by atoms with E-state index < -0.39 is 0 Å². The third-order valence-corrected chi connectivity index (χ3v) is 8.80. The Morgan fingerprint density at radius 2 is 1.90 bits per heavy atom. The second-order valence-corrected chi connectivity index (χ2v) is 11.6. The molecule has 1 N–H and O–H groups in total. The maximum absolute atomic E-state index is 12.1. The Morgan fingerprint density at radius 1 is 1.17 bits per heavy atom. The van der Waals surface area contributed by atoms with Gasteiger partial charge in [-0.1, -0.05) is 29.8 Å². The average Bonchev–Trinajstić information content (AvgIpc) is 2.93. The van der Waals surface area contributed by atoms with Crippen molar-refractivity contribution in [1.82, 2.24) is 15.0 Å². The number of aromatic nitrogens is 3. The Morgan fingerprint density at radius 3 is 2.54 bits per heavy atom. The number of nitrogens with one attached hydrogen (secondary N) is 1. The van der Waals surface area contributed by atoms with Gasteiger partial charge in [0.25, 0.3) is 0 Å². The maximum Gasteiger partial charge on any atom is 0.223 e. The van der Waals surface area contributed by atoms with E-state index in [9.17, 15) is 4.79 Å². The van der Waals surface area contributed by atoms with E-state index >= 15 is 0 Å². The van der Waals surface area contributed by atoms with Crippen molar-refractivity contribution in [1.29, 1.82) is 0 Å². The summed E-state index contributed by atoms with van der Waals surface area (Å²) in [6.45, 7) is 7.77. The Bertz CT molecular complexity index is 1480. The number of carbonyl (C=O) groups excluding carboxylic acids is 1. The minimum Gasteiger partial charge on any atom is -0.495 e. The molecule has 6 rings (SSSR count). The fourth-order valence-electron chi connectivity index (χ4n) is 5.73. The third kappa shape index (κ3) is 5.18. The van der Waals surface area contributed by atoms with Gasteiger partial charge in [0, 0.05) is 49.3 Å². The number of benzene rings is 1. The number of pyridine rings is 1. The molecule has 3 fully saturated rings. The first-order valence-corrected chi connectivity index (χ1v) is 14.2. The van der Waals surface area contributed by atoms with Gasteiger partial charge >= 0.3 is 0 Å². The predicted octanol–water partition coefficient (Wildman–Crippen LogP) is 4.81. The molecule has 12 heteroatoms. The van der Waals surface area contributed by atoms with E-state index in [2.05, 4.69) is 21.8 Å². The van der Waals surface area contributed by atoms with Gasteiger partial charge in [-0.25, -0.2) is 15.0 Å². The van der Waals surface area contributed by atoms with E-state index in [-0.39, 0.29) is 23.2 Å². The van der Waals surface area contributed by atoms with Crippen molar-refractivity contribution in [2.75, 3.05) is 64.0 Å². The Kier molecular flexibility index (Phi) is 7.67. The molecule has 2 atom stereocenters. The molecule has 3 aliphatic rings. The van der Waals surface area contributed by atoms with Gasteiger partial charge in [0.15, 0.2) is 11.6 Å². The number of hydrogen-bond acceptors (Lipinski definition) is 10. The van der Waals surface area contributed by atoms with Crippen LogP contribution in [0.5, 0.6) is 11.5 Å². The largest absolute Gasteiger partial charge is 0.495 e. The Balaban J connectivity index is 1.41. The molecule has 2 aromatic heterocycles. The highest BCUT2D eigenvalue weighted by Gasteiger charge is 2.50. The summed E-state index contributed by atoms with van der Waals surface area (Å²) < 4.78 is 22.2. The van der Waals surface area contributed by atoms with Crippen molar-refractivity contribution in [2.24, 2.45) is 11.3 Å². The lowest BCUT2D eigenvalue weighted by atomic mass is 9.78. The standard InChI is InChI=1S/C29H31Cl2N5O5/c1-4-18(37)7-16-5-6-40-11-20(16)34-28-32-10-17-8-19(23-24(30)21(38-2)9-22(39-3)25(23)31)33-27(26(17)35-28)36-12-29(13-36)14-41-15-29/h4,8-10,16,20H,1,5-7,11-15H2,2-3H3,(H,32,34,35)/t16-,20-/m1/s1. The minimum absolute atomic E-state index is 0.0142. The van der Waals surface area contributed by atoms with Crippen molar-refractivity contribution in [3.63, 3.8) is 0 Å². The van der Waals surface area contributed by atoms with Crippen LogP contribution in [0, 0.1) is 11.3 Å². The van der Waals surface area contributed by atoms with Gasteiger partial charge in [-0.05, 0) is 24.5 Å². The first-order valence-electron chi connectivity index (χ1n) is 13.4. The molecule has 1 aromatic carbocycles. The molecular weight excluding hydrogens is 569 g/mol. The molecule has 216 valence electrons. The van der Waals surface area contributed by atoms with E-state index in [1.807, 2.05) is 6.07 Å². The Hall–Kier alpha value is -3.18. The molecular formula is C29H31Cl2N5O5. The molecule has 0 saturated carbocycles. The van der Waals surface area contributed by atoms with Crippen LogP contribution in [0.4, 0.5) is 11.8 Å². The number of ether oxygens (including phenoxy) is 4. The van der Waals surface area contributed by atoms with Crippen LogP contribution in [0.3, 0.4) is 0 Å². The van der Waals surface area contributed by atoms with Gasteiger partial charge < -0.3 is 29.2 Å². The lowest BCUT2D eigenvalue weighted by Gasteiger charge is -2.55. The smallest absolute Gasteiger partial charge is 0.223 e. The molecule has 1 spiro atoms. The molecule has 0 bridgehead atoms. The molecule has 0 radical (unpaired) electrons. The van der Waals surface area contributed by atoms with E-state index in [4.69, 9.17) is 52.1 Å². The average molecular weight is 601 g/mol. The van der Waals surface area contributed by atoms with Crippen LogP contribution >= 0.6 is 23.2 Å². The first-order chi connectivity index (χ1) is 19.8. The summed E-state index contributed by atoms with van der Waals surface area (Å²) in [5, 5.41) is 4.85. The van der Waals surface area contributed by atoms with Crippen molar-refractivity contribution in [2.45, 2.75) is 18.9 Å². The number of halogens is 2. The number of hydrogen-bond donors (Lipinski definition) is 1. The second kappa shape index (κ2) is 11.2. The minimum atomic E-state index is -0.109. The van der Waals surface area contributed by atoms with Crippen LogP contribution in [-0.2, 0) is 14.3 Å². The molecule has 10 nitrogen and oxygen atoms in total. The fourth-order valence-corrected chi connectivity index (χ4v) is 6.43. The SMILES string of the molecule is C=CC(=O)C[C@H]1CCOC[C@H]1Nc1ncc2cc(-c3c(Cl)c(OC)cc(OC)c3Cl)nc(N3CC4(COC4)C3)c2n1. The molecule has 3 aromatic rings. The van der Waals surface area contributed by atoms with E-state index in [0.717, 1.165) is 38.1 Å². The zero-order valence-corrected chi connectivity index (χ0v) is 24.4. The number of methoxy groups -OCH3 is 2. The lowest BCUT2D eigenvalue weighted by Crippen LogP contribution is -2.66. The van der Waals surface area contributed by atoms with Crippen molar-refractivity contribution in [3.8, 4) is 22.8 Å². The first kappa shape index (κ1) is 28.0. The molecule has 41 heavy (non-hydrogen) atoms. The van der Waals surface area contributed by atoms with Gasteiger partial charge in [-0.2, -0.15) is 0 Å². The Labute approximate surface area is 247 Å². The number of ketones is 1. The summed E-state index contributed by atoms with van der Waals surface area (Å²) in [5.41, 5.74) is 1.90. The zero-order chi connectivity index (χ0) is 28.7. The van der Waals surface area contributed by atoms with E-state index in [1.165, 1.54) is 20.3 Å². The monoisotopic (exact) mass is 599 g/mol. The number of rotatable bonds is 9. The number of carbonyl (C=O) groups is 1. The summed E-state index contributed by atoms with van der Waals surface area (Å²) in [6.07, 6.45) is 4.30. The summed E-state index contributed by atoms with van der Waals surface area (Å²) in [6, 6.07) is 3.41. The van der Waals surface area contributed by atoms with Gasteiger partial charge in [-0.15, -0.1) is 0 Å². The molecule has 0 aliphatic carbocycles. The van der Waals surface area contributed by atoms with Crippen LogP contribution < -0.4 is 19.7 Å². The molecule has 3 saturated heterocycles. The molecule has 0 unspecified atom stereocenters. The van der Waals surface area contributed by atoms with Crippen molar-refractivity contribution in [3.05, 3.63) is 41.0 Å². The highest BCUT2D eigenvalue weighted by molar-refractivity contribution is 6.41. The second-order valence-electron chi connectivity index (χ2n) is 10.8. The summed E-state index contributed by atoms with van der Waals surface area (Å²) >= 11 is 13.5. The summed E-state index contributed by atoms with van der Waals surface area (Å²) in [5.74, 6) is 2.11. The number of fused-ring (bicyclic) bond motifs is 1. The van der Waals surface area contributed by atoms with Gasteiger partial charge in [0.2, 0.25) is 5.95 Å². The fraction of sp³-hybridized carbons (Fsp3) is 0.448. The van der Waals surface area contributed by atoms with Crippen LogP contribution in [0.2, 0.25) is 10.0 Å². The van der Waals surface area contributed by atoms with Crippen molar-refractivity contribution >= 4 is 51.7 Å². The summed E-state index contributed by atoms with van der Waals surface area (Å²) in [4.78, 5) is 28.9. The van der Waals surface area contributed by atoms with Crippen LogP contribution in [0.1, 0.15) is 12.8 Å². The van der Waals surface area contributed by atoms with Crippen LogP contribution in [-0.4, -0.2) is 80.5 Å². The molecule has 5 heterocycles. The van der Waals surface area contributed by atoms with Crippen LogP contribution in [0.25, 0.3) is 22.2 Å². The predicted molar refractivity (Wildman–Crippen MR) is 158 cm³/mol. The normalized spacial score (nSPS) is 21.2. The number of allylic oxidation sites excluding steroid dienone is 1. The topological polar surface area (TPSA) is 108 Å². The van der Waals surface area contributed by atoms with E-state index in [0.29, 0.717) is 69.7 Å². The molecule has 3 aliphatic heterocycles. The number of anilines is 2. The lowest BCUT2D eigenvalue weighted by molar-refractivity contribution is -0.127. The highest BCUT2D eigenvalue weighted by atomic mass is 35.5. The van der Waals surface area contributed by atoms with Crippen LogP contribution in [0.15, 0.2) is 31.0 Å². The quantitative estimate of drug-likeness (QED) is 0.344. The van der Waals surface area contributed by atoms with E-state index in [1.54, 1.807) is 12.3 Å². The number of nitrogens with zero attached hydrogens (tertiary/aromatic N) is 4. The third-order valence-electron chi connectivity index (χ3n) is 8.05. The van der Waals surface area contributed by atoms with Gasteiger partial charge in [0.1, 0.15) is 17.0 Å². The van der Waals surface area contributed by atoms with Gasteiger partial charge in [-0.3, -0.25) is 4.79 Å². The summed E-state index contributed by atoms with van der Waals surface area (Å²) in [7, 11) is 3.07. The maximum atomic E-state index is 12.1. The zero-order valence-electron chi connectivity index (χ0n) is 22.9.